The molecule has 1 N–H and O–H groups in total. The van der Waals surface area contributed by atoms with Crippen molar-refractivity contribution in [2.24, 2.45) is 0 Å². The van der Waals surface area contributed by atoms with Gasteiger partial charge in [0.15, 0.2) is 0 Å². The van der Waals surface area contributed by atoms with Crippen molar-refractivity contribution in [2.75, 3.05) is 13.2 Å². The number of benzene rings is 1. The Balaban J connectivity index is 1.68. The van der Waals surface area contributed by atoms with Gasteiger partial charge in [-0.1, -0.05) is 18.2 Å². The molecule has 1 aromatic rings. The molecule has 3 rings (SSSR count). The second-order valence-corrected chi connectivity index (χ2v) is 5.77. The fourth-order valence-electron chi connectivity index (χ4n) is 2.87. The first-order valence-electron chi connectivity index (χ1n) is 7.42. The van der Waals surface area contributed by atoms with Crippen molar-refractivity contribution in [2.45, 2.75) is 50.2 Å². The molecule has 1 heterocycles. The summed E-state index contributed by atoms with van der Waals surface area (Å²) in [6.07, 6.45) is 6.04. The Hall–Kier alpha value is -0.930. The lowest BCUT2D eigenvalue weighted by Gasteiger charge is -2.22. The van der Waals surface area contributed by atoms with E-state index in [2.05, 4.69) is 5.32 Å². The molecule has 2 aliphatic rings. The highest BCUT2D eigenvalue weighted by Gasteiger charge is 2.26. The fraction of sp³-hybridized carbons (Fsp3) is 0.625. The normalized spacial score (nSPS) is 24.6. The number of hydrogen-bond donors (Lipinski definition) is 1. The minimum atomic E-state index is -0.0805. The molecule has 1 aliphatic heterocycles. The Labute approximate surface area is 114 Å². The molecule has 0 spiro atoms. The van der Waals surface area contributed by atoms with Crippen molar-refractivity contribution in [1.82, 2.24) is 5.32 Å². The van der Waals surface area contributed by atoms with E-state index in [0.29, 0.717) is 12.1 Å². The van der Waals surface area contributed by atoms with Crippen LogP contribution in [0.3, 0.4) is 0 Å². The van der Waals surface area contributed by atoms with E-state index in [0.717, 1.165) is 38.0 Å². The van der Waals surface area contributed by atoms with Crippen LogP contribution in [0.2, 0.25) is 0 Å². The van der Waals surface area contributed by atoms with Gasteiger partial charge in [-0.3, -0.25) is 0 Å². The van der Waals surface area contributed by atoms with E-state index < -0.39 is 0 Å². The molecule has 1 aliphatic carbocycles. The van der Waals surface area contributed by atoms with Crippen LogP contribution in [0.25, 0.3) is 0 Å². The zero-order valence-electron chi connectivity index (χ0n) is 11.3. The Kier molecular flexibility index (Phi) is 4.14. The molecule has 1 saturated carbocycles. The van der Waals surface area contributed by atoms with Crippen molar-refractivity contribution in [3.8, 4) is 0 Å². The first-order valence-corrected chi connectivity index (χ1v) is 7.42. The van der Waals surface area contributed by atoms with E-state index >= 15 is 0 Å². The molecule has 0 bridgehead atoms. The zero-order chi connectivity index (χ0) is 13.1. The quantitative estimate of drug-likeness (QED) is 0.851. The average Bonchev–Trinajstić information content (AvgIpc) is 3.11. The van der Waals surface area contributed by atoms with Crippen molar-refractivity contribution < 1.29 is 9.13 Å². The van der Waals surface area contributed by atoms with Gasteiger partial charge in [-0.25, -0.2) is 4.39 Å². The molecule has 2 nitrogen and oxygen atoms in total. The number of halogens is 1. The molecule has 2 unspecified atom stereocenters. The molecule has 1 saturated heterocycles. The predicted octanol–water partition coefficient (Wildman–Crippen LogP) is 3.23. The van der Waals surface area contributed by atoms with Gasteiger partial charge < -0.3 is 10.1 Å². The second-order valence-electron chi connectivity index (χ2n) is 5.77. The van der Waals surface area contributed by atoms with Crippen molar-refractivity contribution >= 4 is 0 Å². The van der Waals surface area contributed by atoms with E-state index in [9.17, 15) is 4.39 Å². The van der Waals surface area contributed by atoms with Crippen molar-refractivity contribution in [3.63, 3.8) is 0 Å². The van der Waals surface area contributed by atoms with Gasteiger partial charge >= 0.3 is 0 Å². The van der Waals surface area contributed by atoms with Crippen LogP contribution in [0.1, 0.15) is 43.6 Å². The lowest BCUT2D eigenvalue weighted by molar-refractivity contribution is 0.0973. The number of hydrogen-bond acceptors (Lipinski definition) is 2. The standard InChI is InChI=1S/C16H22FNO/c17-16-6-2-1-5-15(16)12(11-18-13-7-8-13)10-14-4-3-9-19-14/h1-2,5-6,12-14,18H,3-4,7-11H2. The Bertz CT molecular complexity index is 413. The molecule has 0 aromatic heterocycles. The van der Waals surface area contributed by atoms with E-state index in [-0.39, 0.29) is 11.7 Å². The summed E-state index contributed by atoms with van der Waals surface area (Å²) in [5.74, 6) is 0.146. The van der Waals surface area contributed by atoms with Crippen LogP contribution in [-0.4, -0.2) is 25.3 Å². The highest BCUT2D eigenvalue weighted by atomic mass is 19.1. The van der Waals surface area contributed by atoms with Gasteiger partial charge in [-0.15, -0.1) is 0 Å². The molecule has 104 valence electrons. The smallest absolute Gasteiger partial charge is 0.126 e. The Morgan fingerprint density at radius 3 is 2.79 bits per heavy atom. The summed E-state index contributed by atoms with van der Waals surface area (Å²) in [5.41, 5.74) is 0.839. The van der Waals surface area contributed by atoms with E-state index in [4.69, 9.17) is 4.74 Å². The molecule has 2 atom stereocenters. The SMILES string of the molecule is Fc1ccccc1C(CNC1CC1)CC1CCCO1. The lowest BCUT2D eigenvalue weighted by atomic mass is 9.91. The van der Waals surface area contributed by atoms with Gasteiger partial charge in [-0.05, 0) is 43.7 Å². The maximum Gasteiger partial charge on any atom is 0.126 e. The Morgan fingerprint density at radius 1 is 1.26 bits per heavy atom. The van der Waals surface area contributed by atoms with Gasteiger partial charge in [0.05, 0.1) is 6.10 Å². The van der Waals surface area contributed by atoms with Gasteiger partial charge in [0, 0.05) is 25.1 Å². The monoisotopic (exact) mass is 263 g/mol. The lowest BCUT2D eigenvalue weighted by Crippen LogP contribution is -2.26. The van der Waals surface area contributed by atoms with Gasteiger partial charge in [0.1, 0.15) is 5.82 Å². The van der Waals surface area contributed by atoms with Gasteiger partial charge in [0.25, 0.3) is 0 Å². The van der Waals surface area contributed by atoms with Crippen molar-refractivity contribution in [1.29, 1.82) is 0 Å². The van der Waals surface area contributed by atoms with Crippen LogP contribution in [0.5, 0.6) is 0 Å². The maximum absolute atomic E-state index is 14.0. The number of nitrogens with one attached hydrogen (secondary N) is 1. The molecular weight excluding hydrogens is 241 g/mol. The topological polar surface area (TPSA) is 21.3 Å². The molecule has 0 amide bonds. The fourth-order valence-corrected chi connectivity index (χ4v) is 2.87. The van der Waals surface area contributed by atoms with E-state index in [1.165, 1.54) is 12.8 Å². The van der Waals surface area contributed by atoms with Crippen LogP contribution in [0.15, 0.2) is 24.3 Å². The summed E-state index contributed by atoms with van der Waals surface area (Å²) in [7, 11) is 0. The van der Waals surface area contributed by atoms with Crippen molar-refractivity contribution in [3.05, 3.63) is 35.6 Å². The third-order valence-electron chi connectivity index (χ3n) is 4.15. The molecule has 2 fully saturated rings. The minimum Gasteiger partial charge on any atom is -0.378 e. The zero-order valence-corrected chi connectivity index (χ0v) is 11.3. The predicted molar refractivity (Wildman–Crippen MR) is 73.8 cm³/mol. The van der Waals surface area contributed by atoms with Crippen LogP contribution in [0, 0.1) is 5.82 Å². The Morgan fingerprint density at radius 2 is 2.11 bits per heavy atom. The summed E-state index contributed by atoms with van der Waals surface area (Å²) in [6, 6.07) is 7.84. The first-order chi connectivity index (χ1) is 9.33. The molecule has 1 aromatic carbocycles. The highest BCUT2D eigenvalue weighted by Crippen LogP contribution is 2.29. The van der Waals surface area contributed by atoms with E-state index in [1.54, 1.807) is 12.1 Å². The third kappa shape index (κ3) is 3.54. The van der Waals surface area contributed by atoms with Crippen LogP contribution < -0.4 is 5.32 Å². The van der Waals surface area contributed by atoms with Crippen LogP contribution in [-0.2, 0) is 4.74 Å². The molecule has 0 radical (unpaired) electrons. The third-order valence-corrected chi connectivity index (χ3v) is 4.15. The molecular formula is C16H22FNO. The summed E-state index contributed by atoms with van der Waals surface area (Å²) in [5, 5.41) is 3.53. The van der Waals surface area contributed by atoms with Crippen LogP contribution in [0.4, 0.5) is 4.39 Å². The molecule has 19 heavy (non-hydrogen) atoms. The molecule has 3 heteroatoms. The van der Waals surface area contributed by atoms with Gasteiger partial charge in [0.2, 0.25) is 0 Å². The second kappa shape index (κ2) is 6.02. The summed E-state index contributed by atoms with van der Waals surface area (Å²) >= 11 is 0. The summed E-state index contributed by atoms with van der Waals surface area (Å²) in [4.78, 5) is 0. The largest absolute Gasteiger partial charge is 0.378 e. The summed E-state index contributed by atoms with van der Waals surface area (Å²) in [6.45, 7) is 1.73. The van der Waals surface area contributed by atoms with Gasteiger partial charge in [-0.2, -0.15) is 0 Å². The summed E-state index contributed by atoms with van der Waals surface area (Å²) < 4.78 is 19.7. The minimum absolute atomic E-state index is 0.0805. The highest BCUT2D eigenvalue weighted by molar-refractivity contribution is 5.22. The van der Waals surface area contributed by atoms with E-state index in [1.807, 2.05) is 12.1 Å². The number of rotatable bonds is 6. The maximum atomic E-state index is 14.0. The average molecular weight is 263 g/mol. The number of ether oxygens (including phenoxy) is 1. The first kappa shape index (κ1) is 13.1. The van der Waals surface area contributed by atoms with Crippen LogP contribution >= 0.6 is 0 Å².